The molecule has 134 valence electrons. The first kappa shape index (κ1) is 16.8. The second kappa shape index (κ2) is 6.96. The van der Waals surface area contributed by atoms with Crippen molar-refractivity contribution in [2.75, 3.05) is 13.1 Å². The second-order valence-corrected chi connectivity index (χ2v) is 6.82. The minimum Gasteiger partial charge on any atom is -0.487 e. The zero-order chi connectivity index (χ0) is 18.1. The highest BCUT2D eigenvalue weighted by atomic mass is 35.5. The van der Waals surface area contributed by atoms with Gasteiger partial charge in [-0.3, -0.25) is 14.2 Å². The van der Waals surface area contributed by atoms with E-state index in [2.05, 4.69) is 9.97 Å². The van der Waals surface area contributed by atoms with Crippen molar-refractivity contribution in [1.29, 1.82) is 0 Å². The number of fused-ring (bicyclic) bond motifs is 1. The van der Waals surface area contributed by atoms with Crippen LogP contribution in [0.25, 0.3) is 5.65 Å². The lowest BCUT2D eigenvalue weighted by molar-refractivity contribution is 0.0531. The van der Waals surface area contributed by atoms with Crippen LogP contribution in [0.2, 0.25) is 5.02 Å². The molecular weight excluding hydrogens is 352 g/mol. The lowest BCUT2D eigenvalue weighted by Gasteiger charge is -2.33. The minimum atomic E-state index is -0.0907. The fourth-order valence-corrected chi connectivity index (χ4v) is 3.54. The largest absolute Gasteiger partial charge is 0.487 e. The molecule has 4 heterocycles. The van der Waals surface area contributed by atoms with Crippen LogP contribution in [-0.2, 0) is 0 Å². The average molecular weight is 371 g/mol. The molecule has 6 nitrogen and oxygen atoms in total. The summed E-state index contributed by atoms with van der Waals surface area (Å²) in [7, 11) is 0. The number of rotatable bonds is 3. The zero-order valence-electron chi connectivity index (χ0n) is 14.4. The van der Waals surface area contributed by atoms with E-state index in [9.17, 15) is 4.79 Å². The highest BCUT2D eigenvalue weighted by molar-refractivity contribution is 6.31. The number of likely N-dealkylation sites (tertiary alicyclic amines) is 1. The smallest absolute Gasteiger partial charge is 0.272 e. The monoisotopic (exact) mass is 370 g/mol. The van der Waals surface area contributed by atoms with Crippen LogP contribution in [-0.4, -0.2) is 44.4 Å². The van der Waals surface area contributed by atoms with Gasteiger partial charge in [0, 0.05) is 31.2 Å². The molecule has 0 aliphatic carbocycles. The van der Waals surface area contributed by atoms with E-state index in [0.717, 1.165) is 24.2 Å². The molecule has 7 heteroatoms. The molecule has 0 aromatic carbocycles. The number of carbonyl (C=O) groups excluding carboxylic acids is 1. The molecule has 1 aliphatic rings. The molecule has 3 aromatic heterocycles. The number of amides is 1. The molecule has 0 radical (unpaired) electrons. The molecule has 1 atom stereocenters. The van der Waals surface area contributed by atoms with Gasteiger partial charge >= 0.3 is 0 Å². The number of carbonyl (C=O) groups is 1. The number of ether oxygens (including phenoxy) is 1. The number of halogens is 1. The number of pyridine rings is 2. The molecule has 0 saturated carbocycles. The molecule has 0 spiro atoms. The van der Waals surface area contributed by atoms with Crippen LogP contribution in [0.5, 0.6) is 5.75 Å². The summed E-state index contributed by atoms with van der Waals surface area (Å²) < 4.78 is 7.86. The Morgan fingerprint density at radius 3 is 3.08 bits per heavy atom. The van der Waals surface area contributed by atoms with Crippen LogP contribution >= 0.6 is 11.6 Å². The van der Waals surface area contributed by atoms with E-state index < -0.39 is 0 Å². The first-order valence-electron chi connectivity index (χ1n) is 8.62. The molecule has 1 amide bonds. The minimum absolute atomic E-state index is 0.0182. The Morgan fingerprint density at radius 1 is 1.35 bits per heavy atom. The van der Waals surface area contributed by atoms with Gasteiger partial charge < -0.3 is 9.64 Å². The summed E-state index contributed by atoms with van der Waals surface area (Å²) in [4.78, 5) is 23.4. The van der Waals surface area contributed by atoms with Crippen molar-refractivity contribution in [3.63, 3.8) is 0 Å². The molecule has 4 rings (SSSR count). The molecule has 0 bridgehead atoms. The maximum Gasteiger partial charge on any atom is 0.272 e. The van der Waals surface area contributed by atoms with Crippen molar-refractivity contribution in [1.82, 2.24) is 19.3 Å². The van der Waals surface area contributed by atoms with Gasteiger partial charge in [0.15, 0.2) is 0 Å². The van der Waals surface area contributed by atoms with Crippen LogP contribution < -0.4 is 4.74 Å². The van der Waals surface area contributed by atoms with E-state index >= 15 is 0 Å². The van der Waals surface area contributed by atoms with E-state index in [0.29, 0.717) is 29.6 Å². The first-order chi connectivity index (χ1) is 12.6. The maximum atomic E-state index is 13.1. The molecule has 1 aliphatic heterocycles. The van der Waals surface area contributed by atoms with Crippen LogP contribution in [0.4, 0.5) is 0 Å². The van der Waals surface area contributed by atoms with Gasteiger partial charge in [-0.2, -0.15) is 0 Å². The van der Waals surface area contributed by atoms with Crippen molar-refractivity contribution in [3.05, 3.63) is 59.3 Å². The number of piperidine rings is 1. The van der Waals surface area contributed by atoms with Gasteiger partial charge in [0.05, 0.1) is 12.2 Å². The van der Waals surface area contributed by atoms with Crippen molar-refractivity contribution in [2.24, 2.45) is 0 Å². The van der Waals surface area contributed by atoms with Gasteiger partial charge in [0.2, 0.25) is 0 Å². The van der Waals surface area contributed by atoms with E-state index in [1.54, 1.807) is 18.5 Å². The number of aryl methyl sites for hydroxylation is 1. The Balaban J connectivity index is 1.55. The third-order valence-corrected chi connectivity index (χ3v) is 4.88. The van der Waals surface area contributed by atoms with Gasteiger partial charge in [0.25, 0.3) is 5.91 Å². The quantitative estimate of drug-likeness (QED) is 0.709. The lowest BCUT2D eigenvalue weighted by atomic mass is 10.1. The second-order valence-electron chi connectivity index (χ2n) is 6.41. The maximum absolute atomic E-state index is 13.1. The highest BCUT2D eigenvalue weighted by Crippen LogP contribution is 2.26. The zero-order valence-corrected chi connectivity index (χ0v) is 15.2. The highest BCUT2D eigenvalue weighted by Gasteiger charge is 2.29. The molecule has 3 aromatic rings. The Hall–Kier alpha value is -2.60. The summed E-state index contributed by atoms with van der Waals surface area (Å²) in [6, 6.07) is 7.47. The Morgan fingerprint density at radius 2 is 2.23 bits per heavy atom. The van der Waals surface area contributed by atoms with Crippen molar-refractivity contribution >= 4 is 23.2 Å². The normalized spacial score (nSPS) is 17.5. The van der Waals surface area contributed by atoms with Crippen molar-refractivity contribution in [2.45, 2.75) is 25.9 Å². The Kier molecular flexibility index (Phi) is 4.51. The predicted octanol–water partition coefficient (Wildman–Crippen LogP) is 3.37. The molecule has 1 unspecified atom stereocenters. The predicted molar refractivity (Wildman–Crippen MR) is 98.7 cm³/mol. The summed E-state index contributed by atoms with van der Waals surface area (Å²) >= 11 is 6.13. The molecule has 1 saturated heterocycles. The van der Waals surface area contributed by atoms with Crippen molar-refractivity contribution in [3.8, 4) is 5.75 Å². The van der Waals surface area contributed by atoms with E-state index in [1.165, 1.54) is 0 Å². The summed E-state index contributed by atoms with van der Waals surface area (Å²) in [5.74, 6) is 0.585. The third-order valence-electron chi connectivity index (χ3n) is 4.60. The van der Waals surface area contributed by atoms with E-state index in [1.807, 2.05) is 40.6 Å². The van der Waals surface area contributed by atoms with Crippen LogP contribution in [0.1, 0.15) is 29.0 Å². The molecule has 26 heavy (non-hydrogen) atoms. The molecule has 1 fully saturated rings. The van der Waals surface area contributed by atoms with E-state index in [-0.39, 0.29) is 12.0 Å². The summed E-state index contributed by atoms with van der Waals surface area (Å²) in [5, 5.41) is 0.480. The van der Waals surface area contributed by atoms with Gasteiger partial charge in [-0.25, -0.2) is 4.98 Å². The Bertz CT molecular complexity index is 956. The number of imidazole rings is 1. The summed E-state index contributed by atoms with van der Waals surface area (Å²) in [5.41, 5.74) is 2.13. The fourth-order valence-electron chi connectivity index (χ4n) is 3.38. The van der Waals surface area contributed by atoms with Crippen LogP contribution in [0.15, 0.2) is 42.9 Å². The number of hydrogen-bond acceptors (Lipinski definition) is 4. The lowest BCUT2D eigenvalue weighted by Crippen LogP contribution is -2.44. The van der Waals surface area contributed by atoms with Gasteiger partial charge in [-0.1, -0.05) is 17.7 Å². The van der Waals surface area contributed by atoms with Gasteiger partial charge in [-0.15, -0.1) is 0 Å². The first-order valence-corrected chi connectivity index (χ1v) is 9.00. The van der Waals surface area contributed by atoms with Crippen molar-refractivity contribution < 1.29 is 9.53 Å². The molecular formula is C19H19ClN4O2. The summed E-state index contributed by atoms with van der Waals surface area (Å²) in [6.45, 7) is 3.11. The standard InChI is InChI=1S/C19H19ClN4O2/c1-13-18(24-10-3-2-6-17(24)22-13)19(25)23-9-4-5-14(12-23)26-16-7-8-21-11-15(16)20/h2-3,6-8,10-11,14H,4-5,9,12H2,1H3. The molecule has 0 N–H and O–H groups in total. The third kappa shape index (κ3) is 3.12. The van der Waals surface area contributed by atoms with Crippen LogP contribution in [0.3, 0.4) is 0 Å². The number of nitrogens with zero attached hydrogens (tertiary/aromatic N) is 4. The average Bonchev–Trinajstić information content (AvgIpc) is 2.99. The topological polar surface area (TPSA) is 59.7 Å². The number of hydrogen-bond donors (Lipinski definition) is 0. The van der Waals surface area contributed by atoms with Gasteiger partial charge in [-0.05, 0) is 31.9 Å². The Labute approximate surface area is 156 Å². The summed E-state index contributed by atoms with van der Waals surface area (Å²) in [6.07, 6.45) is 6.76. The van der Waals surface area contributed by atoms with Crippen LogP contribution in [0, 0.1) is 6.92 Å². The van der Waals surface area contributed by atoms with E-state index in [4.69, 9.17) is 16.3 Å². The fraction of sp³-hybridized carbons (Fsp3) is 0.316. The number of aromatic nitrogens is 3. The SMILES string of the molecule is Cc1nc2ccccn2c1C(=O)N1CCCC(Oc2ccncc2Cl)C1. The van der Waals surface area contributed by atoms with Gasteiger partial charge in [0.1, 0.15) is 28.2 Å².